The Hall–Kier alpha value is -1.59. The fraction of sp³-hybridized carbons (Fsp3) is 0.588. The Morgan fingerprint density at radius 2 is 2.09 bits per heavy atom. The first-order valence-electron chi connectivity index (χ1n) is 7.99. The molecule has 0 spiro atoms. The summed E-state index contributed by atoms with van der Waals surface area (Å²) < 4.78 is 5.48. The number of hydrogen-bond acceptors (Lipinski definition) is 4. The maximum Gasteiger partial charge on any atom is 0.304 e. The van der Waals surface area contributed by atoms with E-state index in [1.165, 1.54) is 37.9 Å². The first kappa shape index (κ1) is 16.8. The van der Waals surface area contributed by atoms with Crippen LogP contribution in [0.25, 0.3) is 0 Å². The zero-order valence-corrected chi connectivity index (χ0v) is 13.3. The Balaban J connectivity index is 1.90. The molecule has 0 bridgehead atoms. The lowest BCUT2D eigenvalue weighted by Gasteiger charge is -2.26. The standard InChI is InChI=1S/C17H26N2O3/c1-22-16-11-14(13-19-9-3-2-4-10-19)5-6-15(16)12-18-8-7-17(20)21/h5-6,11,18H,2-4,7-10,12-13H2,1H3,(H,20,21). The minimum absolute atomic E-state index is 0.134. The van der Waals surface area contributed by atoms with Gasteiger partial charge in [-0.1, -0.05) is 18.6 Å². The molecule has 5 nitrogen and oxygen atoms in total. The number of carbonyl (C=O) groups is 1. The van der Waals surface area contributed by atoms with Gasteiger partial charge in [0.25, 0.3) is 0 Å². The molecule has 1 aliphatic rings. The summed E-state index contributed by atoms with van der Waals surface area (Å²) in [6.07, 6.45) is 4.07. The van der Waals surface area contributed by atoms with Gasteiger partial charge in [0, 0.05) is 25.2 Å². The highest BCUT2D eigenvalue weighted by molar-refractivity contribution is 5.66. The normalized spacial score (nSPS) is 15.7. The SMILES string of the molecule is COc1cc(CN2CCCCC2)ccc1CNCCC(=O)O. The summed E-state index contributed by atoms with van der Waals surface area (Å²) in [5.41, 5.74) is 2.34. The van der Waals surface area contributed by atoms with E-state index in [2.05, 4.69) is 28.4 Å². The molecule has 1 aromatic rings. The van der Waals surface area contributed by atoms with Crippen molar-refractivity contribution in [3.63, 3.8) is 0 Å². The zero-order chi connectivity index (χ0) is 15.8. The van der Waals surface area contributed by atoms with Gasteiger partial charge in [-0.05, 0) is 37.6 Å². The molecule has 0 atom stereocenters. The second-order valence-electron chi connectivity index (χ2n) is 5.80. The van der Waals surface area contributed by atoms with Gasteiger partial charge in [-0.15, -0.1) is 0 Å². The summed E-state index contributed by atoms with van der Waals surface area (Å²) in [7, 11) is 1.68. The fourth-order valence-corrected chi connectivity index (χ4v) is 2.83. The summed E-state index contributed by atoms with van der Waals surface area (Å²) in [5.74, 6) is 0.0914. The molecule has 22 heavy (non-hydrogen) atoms. The van der Waals surface area contributed by atoms with E-state index in [1.807, 2.05) is 0 Å². The van der Waals surface area contributed by atoms with Gasteiger partial charge < -0.3 is 15.2 Å². The predicted molar refractivity (Wildman–Crippen MR) is 86.1 cm³/mol. The van der Waals surface area contributed by atoms with Crippen molar-refractivity contribution in [3.8, 4) is 5.75 Å². The van der Waals surface area contributed by atoms with Crippen molar-refractivity contribution in [2.45, 2.75) is 38.8 Å². The quantitative estimate of drug-likeness (QED) is 0.721. The molecule has 0 unspecified atom stereocenters. The number of carboxylic acids is 1. The van der Waals surface area contributed by atoms with Gasteiger partial charge in [-0.3, -0.25) is 9.69 Å². The van der Waals surface area contributed by atoms with Gasteiger partial charge in [0.1, 0.15) is 5.75 Å². The molecule has 2 rings (SSSR count). The molecule has 0 amide bonds. The number of carboxylic acid groups (broad SMARTS) is 1. The molecule has 1 aromatic carbocycles. The molecule has 1 saturated heterocycles. The van der Waals surface area contributed by atoms with Crippen LogP contribution >= 0.6 is 0 Å². The van der Waals surface area contributed by atoms with Crippen LogP contribution in [0.3, 0.4) is 0 Å². The average molecular weight is 306 g/mol. The zero-order valence-electron chi connectivity index (χ0n) is 13.3. The van der Waals surface area contributed by atoms with Gasteiger partial charge in [0.2, 0.25) is 0 Å². The van der Waals surface area contributed by atoms with Crippen molar-refractivity contribution in [2.75, 3.05) is 26.7 Å². The summed E-state index contributed by atoms with van der Waals surface area (Å²) in [6.45, 7) is 4.43. The average Bonchev–Trinajstić information content (AvgIpc) is 2.53. The minimum atomic E-state index is -0.781. The third kappa shape index (κ3) is 5.31. The third-order valence-corrected chi connectivity index (χ3v) is 4.04. The Morgan fingerprint density at radius 1 is 1.32 bits per heavy atom. The van der Waals surface area contributed by atoms with E-state index in [9.17, 15) is 4.79 Å². The lowest BCUT2D eigenvalue weighted by molar-refractivity contribution is -0.136. The van der Waals surface area contributed by atoms with Crippen LogP contribution in [0.15, 0.2) is 18.2 Å². The number of piperidine rings is 1. The van der Waals surface area contributed by atoms with Crippen LogP contribution in [-0.4, -0.2) is 42.7 Å². The second kappa shape index (κ2) is 8.76. The number of rotatable bonds is 8. The predicted octanol–water partition coefficient (Wildman–Crippen LogP) is 2.25. The van der Waals surface area contributed by atoms with Crippen LogP contribution in [0.4, 0.5) is 0 Å². The molecular formula is C17H26N2O3. The molecule has 1 fully saturated rings. The van der Waals surface area contributed by atoms with Crippen LogP contribution < -0.4 is 10.1 Å². The molecule has 0 saturated carbocycles. The van der Waals surface area contributed by atoms with E-state index in [0.717, 1.165) is 17.9 Å². The molecule has 122 valence electrons. The molecule has 2 N–H and O–H groups in total. The number of nitrogens with one attached hydrogen (secondary N) is 1. The van der Waals surface area contributed by atoms with Crippen LogP contribution in [0.1, 0.15) is 36.8 Å². The Labute approximate surface area is 132 Å². The number of aliphatic carboxylic acids is 1. The van der Waals surface area contributed by atoms with E-state index in [0.29, 0.717) is 13.1 Å². The molecule has 1 heterocycles. The van der Waals surface area contributed by atoms with Gasteiger partial charge in [-0.25, -0.2) is 0 Å². The van der Waals surface area contributed by atoms with E-state index in [1.54, 1.807) is 7.11 Å². The smallest absolute Gasteiger partial charge is 0.304 e. The number of methoxy groups -OCH3 is 1. The number of benzene rings is 1. The lowest BCUT2D eigenvalue weighted by atomic mass is 10.1. The number of nitrogens with zero attached hydrogens (tertiary/aromatic N) is 1. The van der Waals surface area contributed by atoms with Gasteiger partial charge in [-0.2, -0.15) is 0 Å². The maximum atomic E-state index is 10.5. The summed E-state index contributed by atoms with van der Waals surface area (Å²) in [5, 5.41) is 11.8. The highest BCUT2D eigenvalue weighted by Gasteiger charge is 2.12. The monoisotopic (exact) mass is 306 g/mol. The Bertz CT molecular complexity index is 485. The Kier molecular flexibility index (Phi) is 6.68. The van der Waals surface area contributed by atoms with Crippen molar-refractivity contribution in [1.29, 1.82) is 0 Å². The number of likely N-dealkylation sites (tertiary alicyclic amines) is 1. The maximum absolute atomic E-state index is 10.5. The summed E-state index contributed by atoms with van der Waals surface area (Å²) >= 11 is 0. The van der Waals surface area contributed by atoms with E-state index >= 15 is 0 Å². The van der Waals surface area contributed by atoms with Crippen LogP contribution in [0.5, 0.6) is 5.75 Å². The minimum Gasteiger partial charge on any atom is -0.496 e. The van der Waals surface area contributed by atoms with Crippen LogP contribution in [-0.2, 0) is 17.9 Å². The first-order chi connectivity index (χ1) is 10.7. The van der Waals surface area contributed by atoms with Crippen LogP contribution in [0, 0.1) is 0 Å². The molecule has 0 aromatic heterocycles. The van der Waals surface area contributed by atoms with Gasteiger partial charge in [0.15, 0.2) is 0 Å². The third-order valence-electron chi connectivity index (χ3n) is 4.04. The summed E-state index contributed by atoms with van der Waals surface area (Å²) in [6, 6.07) is 6.32. The molecule has 0 aliphatic carbocycles. The highest BCUT2D eigenvalue weighted by Crippen LogP contribution is 2.22. The van der Waals surface area contributed by atoms with Gasteiger partial charge in [0.05, 0.1) is 13.5 Å². The van der Waals surface area contributed by atoms with Crippen molar-refractivity contribution in [2.24, 2.45) is 0 Å². The van der Waals surface area contributed by atoms with Crippen molar-refractivity contribution < 1.29 is 14.6 Å². The second-order valence-corrected chi connectivity index (χ2v) is 5.80. The van der Waals surface area contributed by atoms with Gasteiger partial charge >= 0.3 is 5.97 Å². The first-order valence-corrected chi connectivity index (χ1v) is 7.99. The van der Waals surface area contributed by atoms with E-state index < -0.39 is 5.97 Å². The fourth-order valence-electron chi connectivity index (χ4n) is 2.83. The topological polar surface area (TPSA) is 61.8 Å². The largest absolute Gasteiger partial charge is 0.496 e. The molecule has 1 aliphatic heterocycles. The highest BCUT2D eigenvalue weighted by atomic mass is 16.5. The number of hydrogen-bond donors (Lipinski definition) is 2. The van der Waals surface area contributed by atoms with E-state index in [4.69, 9.17) is 9.84 Å². The molecule has 0 radical (unpaired) electrons. The Morgan fingerprint density at radius 3 is 2.77 bits per heavy atom. The van der Waals surface area contributed by atoms with Crippen molar-refractivity contribution >= 4 is 5.97 Å². The lowest BCUT2D eigenvalue weighted by Crippen LogP contribution is -2.29. The van der Waals surface area contributed by atoms with E-state index in [-0.39, 0.29) is 6.42 Å². The molecule has 5 heteroatoms. The number of ether oxygens (including phenoxy) is 1. The van der Waals surface area contributed by atoms with Crippen molar-refractivity contribution in [3.05, 3.63) is 29.3 Å². The molecular weight excluding hydrogens is 280 g/mol. The van der Waals surface area contributed by atoms with Crippen LogP contribution in [0.2, 0.25) is 0 Å². The summed E-state index contributed by atoms with van der Waals surface area (Å²) in [4.78, 5) is 13.0. The van der Waals surface area contributed by atoms with Crippen molar-refractivity contribution in [1.82, 2.24) is 10.2 Å².